The molecule has 0 saturated carbocycles. The Morgan fingerprint density at radius 2 is 2.27 bits per heavy atom. The molecule has 1 saturated heterocycles. The summed E-state index contributed by atoms with van der Waals surface area (Å²) in [7, 11) is 0. The molecule has 22 heavy (non-hydrogen) atoms. The van der Waals surface area contributed by atoms with Crippen LogP contribution in [-0.2, 0) is 19.1 Å². The first-order valence-electron chi connectivity index (χ1n) is 7.70. The molecule has 1 aliphatic heterocycles. The van der Waals surface area contributed by atoms with Gasteiger partial charge in [-0.1, -0.05) is 25.2 Å². The molecule has 2 aliphatic rings. The molecule has 1 heterocycles. The van der Waals surface area contributed by atoms with Crippen molar-refractivity contribution in [3.63, 3.8) is 0 Å². The lowest BCUT2D eigenvalue weighted by Gasteiger charge is -2.29. The molecule has 2 rings (SSSR count). The predicted molar refractivity (Wildman–Crippen MR) is 80.8 cm³/mol. The molecule has 0 radical (unpaired) electrons. The molecule has 0 aromatic carbocycles. The highest BCUT2D eigenvalue weighted by Gasteiger charge is 2.42. The molecule has 1 fully saturated rings. The molecule has 5 nitrogen and oxygen atoms in total. The van der Waals surface area contributed by atoms with Gasteiger partial charge in [-0.3, -0.25) is 4.79 Å². The molecule has 5 atom stereocenters. The van der Waals surface area contributed by atoms with E-state index < -0.39 is 6.10 Å². The Balaban J connectivity index is 2.10. The van der Waals surface area contributed by atoms with E-state index in [0.717, 1.165) is 5.57 Å². The Labute approximate surface area is 131 Å². The average molecular weight is 308 g/mol. The summed E-state index contributed by atoms with van der Waals surface area (Å²) in [5.41, 5.74) is 1.53. The van der Waals surface area contributed by atoms with Crippen LogP contribution in [0, 0.1) is 17.8 Å². The van der Waals surface area contributed by atoms with Crippen molar-refractivity contribution < 1.29 is 24.2 Å². The molecule has 1 aliphatic carbocycles. The third-order valence-electron chi connectivity index (χ3n) is 4.64. The molecule has 0 aromatic rings. The van der Waals surface area contributed by atoms with Crippen molar-refractivity contribution in [3.05, 3.63) is 23.8 Å². The van der Waals surface area contributed by atoms with Crippen LogP contribution in [0.4, 0.5) is 0 Å². The van der Waals surface area contributed by atoms with Gasteiger partial charge < -0.3 is 14.6 Å². The summed E-state index contributed by atoms with van der Waals surface area (Å²) in [6.45, 7) is 9.40. The number of fused-ring (bicyclic) bond motifs is 1. The van der Waals surface area contributed by atoms with E-state index in [1.54, 1.807) is 0 Å². The monoisotopic (exact) mass is 308 g/mol. The first kappa shape index (κ1) is 16.7. The van der Waals surface area contributed by atoms with Crippen molar-refractivity contribution in [2.45, 2.75) is 45.8 Å². The summed E-state index contributed by atoms with van der Waals surface area (Å²) in [4.78, 5) is 22.4. The number of aliphatic hydroxyl groups is 1. The van der Waals surface area contributed by atoms with E-state index in [1.807, 2.05) is 19.9 Å². The van der Waals surface area contributed by atoms with Gasteiger partial charge in [0.2, 0.25) is 0 Å². The third kappa shape index (κ3) is 3.40. The summed E-state index contributed by atoms with van der Waals surface area (Å²) >= 11 is 0. The molecular formula is C17H24O5. The lowest BCUT2D eigenvalue weighted by molar-refractivity contribution is -0.141. The smallest absolute Gasteiger partial charge is 0.334 e. The normalized spacial score (nSPS) is 32.6. The molecule has 0 bridgehead atoms. The number of esters is 2. The van der Waals surface area contributed by atoms with Gasteiger partial charge in [-0.2, -0.15) is 0 Å². The Bertz CT molecular complexity index is 507. The molecule has 0 unspecified atom stereocenters. The zero-order valence-corrected chi connectivity index (χ0v) is 13.4. The SMILES string of the molecule is C=C1C(=O)O[C@@H]2C[C@@H](C)[C@H]([C@@H](O)CCOC(C)=O)C(C)=C[C@H]12. The molecular weight excluding hydrogens is 284 g/mol. The van der Waals surface area contributed by atoms with E-state index in [1.165, 1.54) is 6.92 Å². The van der Waals surface area contributed by atoms with E-state index in [4.69, 9.17) is 9.47 Å². The van der Waals surface area contributed by atoms with Crippen LogP contribution in [-0.4, -0.2) is 35.9 Å². The van der Waals surface area contributed by atoms with Crippen molar-refractivity contribution in [3.8, 4) is 0 Å². The first-order valence-corrected chi connectivity index (χ1v) is 7.70. The van der Waals surface area contributed by atoms with Crippen LogP contribution < -0.4 is 0 Å². The fourth-order valence-electron chi connectivity index (χ4n) is 3.59. The summed E-state index contributed by atoms with van der Waals surface area (Å²) in [5, 5.41) is 10.5. The maximum atomic E-state index is 11.6. The highest BCUT2D eigenvalue weighted by atomic mass is 16.6. The number of hydrogen-bond donors (Lipinski definition) is 1. The van der Waals surface area contributed by atoms with Gasteiger partial charge in [0.1, 0.15) is 6.10 Å². The van der Waals surface area contributed by atoms with Gasteiger partial charge in [-0.05, 0) is 19.3 Å². The highest BCUT2D eigenvalue weighted by Crippen LogP contribution is 2.41. The molecule has 0 aromatic heterocycles. The molecule has 0 spiro atoms. The van der Waals surface area contributed by atoms with Crippen LogP contribution in [0.5, 0.6) is 0 Å². The fraction of sp³-hybridized carbons (Fsp3) is 0.647. The number of carbonyl (C=O) groups is 2. The van der Waals surface area contributed by atoms with Crippen molar-refractivity contribution in [1.29, 1.82) is 0 Å². The van der Waals surface area contributed by atoms with Crippen molar-refractivity contribution in [2.24, 2.45) is 17.8 Å². The van der Waals surface area contributed by atoms with Crippen LogP contribution in [0.15, 0.2) is 23.8 Å². The van der Waals surface area contributed by atoms with Crippen molar-refractivity contribution >= 4 is 11.9 Å². The maximum absolute atomic E-state index is 11.6. The number of aliphatic hydroxyl groups excluding tert-OH is 1. The van der Waals surface area contributed by atoms with Gasteiger partial charge >= 0.3 is 11.9 Å². The van der Waals surface area contributed by atoms with Gasteiger partial charge in [0, 0.05) is 30.8 Å². The second kappa shape index (κ2) is 6.65. The van der Waals surface area contributed by atoms with Crippen LogP contribution >= 0.6 is 0 Å². The standard InChI is InChI=1S/C17H24O5/c1-9-7-13-11(3)17(20)22-15(13)8-10(2)16(9)14(19)5-6-21-12(4)18/h7,10,13-16,19H,3,5-6,8H2,1-2,4H3/t10-,13-,14+,15-,16-/m1/s1. The second-order valence-corrected chi connectivity index (χ2v) is 6.34. The molecule has 5 heteroatoms. The highest BCUT2D eigenvalue weighted by molar-refractivity contribution is 5.91. The Kier molecular flexibility index (Phi) is 5.06. The third-order valence-corrected chi connectivity index (χ3v) is 4.64. The van der Waals surface area contributed by atoms with Gasteiger partial charge in [-0.25, -0.2) is 4.79 Å². The number of ether oxygens (including phenoxy) is 2. The number of carbonyl (C=O) groups excluding carboxylic acids is 2. The zero-order chi connectivity index (χ0) is 16.4. The quantitative estimate of drug-likeness (QED) is 0.488. The van der Waals surface area contributed by atoms with Crippen LogP contribution in [0.25, 0.3) is 0 Å². The number of hydrogen-bond acceptors (Lipinski definition) is 5. The summed E-state index contributed by atoms with van der Waals surface area (Å²) < 4.78 is 10.3. The van der Waals surface area contributed by atoms with Gasteiger partial charge in [0.25, 0.3) is 0 Å². The second-order valence-electron chi connectivity index (χ2n) is 6.34. The van der Waals surface area contributed by atoms with E-state index in [0.29, 0.717) is 18.4 Å². The molecule has 0 amide bonds. The van der Waals surface area contributed by atoms with E-state index in [2.05, 4.69) is 6.58 Å². The van der Waals surface area contributed by atoms with Gasteiger partial charge in [0.05, 0.1) is 12.7 Å². The van der Waals surface area contributed by atoms with E-state index in [-0.39, 0.29) is 42.4 Å². The molecule has 1 N–H and O–H groups in total. The van der Waals surface area contributed by atoms with Crippen LogP contribution in [0.2, 0.25) is 0 Å². The predicted octanol–water partition coefficient (Wildman–Crippen LogP) is 2.00. The number of rotatable bonds is 4. The summed E-state index contributed by atoms with van der Waals surface area (Å²) in [6.07, 6.45) is 2.32. The van der Waals surface area contributed by atoms with Gasteiger partial charge in [0.15, 0.2) is 0 Å². The van der Waals surface area contributed by atoms with Crippen LogP contribution in [0.3, 0.4) is 0 Å². The van der Waals surface area contributed by atoms with E-state index >= 15 is 0 Å². The van der Waals surface area contributed by atoms with E-state index in [9.17, 15) is 14.7 Å². The largest absolute Gasteiger partial charge is 0.466 e. The average Bonchev–Trinajstić information content (AvgIpc) is 2.59. The lowest BCUT2D eigenvalue weighted by atomic mass is 9.81. The minimum absolute atomic E-state index is 0.0346. The zero-order valence-electron chi connectivity index (χ0n) is 13.4. The Morgan fingerprint density at radius 1 is 1.59 bits per heavy atom. The lowest BCUT2D eigenvalue weighted by Crippen LogP contribution is -2.30. The Hall–Kier alpha value is -1.62. The maximum Gasteiger partial charge on any atom is 0.334 e. The molecule has 122 valence electrons. The minimum atomic E-state index is -0.589. The first-order chi connectivity index (χ1) is 10.3. The minimum Gasteiger partial charge on any atom is -0.466 e. The van der Waals surface area contributed by atoms with Crippen LogP contribution in [0.1, 0.15) is 33.6 Å². The Morgan fingerprint density at radius 3 is 2.91 bits per heavy atom. The summed E-state index contributed by atoms with van der Waals surface area (Å²) in [5.74, 6) is -0.628. The van der Waals surface area contributed by atoms with Crippen molar-refractivity contribution in [1.82, 2.24) is 0 Å². The fourth-order valence-corrected chi connectivity index (χ4v) is 3.59. The summed E-state index contributed by atoms with van der Waals surface area (Å²) in [6, 6.07) is 0. The topological polar surface area (TPSA) is 72.8 Å². The van der Waals surface area contributed by atoms with Crippen molar-refractivity contribution in [2.75, 3.05) is 6.61 Å². The van der Waals surface area contributed by atoms with Gasteiger partial charge in [-0.15, -0.1) is 0 Å².